The maximum atomic E-state index is 12.0. The van der Waals surface area contributed by atoms with E-state index in [1.807, 2.05) is 27.7 Å². The molecule has 0 aliphatic carbocycles. The molecule has 1 aromatic rings. The van der Waals surface area contributed by atoms with Crippen LogP contribution in [-0.2, 0) is 13.8 Å². The van der Waals surface area contributed by atoms with E-state index in [-0.39, 0.29) is 16.6 Å². The average molecular weight is 322 g/mol. The highest BCUT2D eigenvalue weighted by Gasteiger charge is 2.22. The molecule has 0 amide bonds. The fraction of sp³-hybridized carbons (Fsp3) is 0.615. The van der Waals surface area contributed by atoms with Gasteiger partial charge in [0.1, 0.15) is 10.6 Å². The van der Waals surface area contributed by atoms with Gasteiger partial charge in [0, 0.05) is 22.9 Å². The number of hydrogen-bond donors (Lipinski definition) is 0. The molecule has 0 aliphatic heterocycles. The Labute approximate surface area is 124 Å². The maximum Gasteiger partial charge on any atom is 0.354 e. The number of carbonyl (C=O) groups excluding carboxylic acids is 1. The van der Waals surface area contributed by atoms with E-state index in [4.69, 9.17) is 15.4 Å². The lowest BCUT2D eigenvalue weighted by Crippen LogP contribution is -2.14. The summed E-state index contributed by atoms with van der Waals surface area (Å²) >= 11 is 0. The van der Waals surface area contributed by atoms with E-state index in [0.29, 0.717) is 12.5 Å². The number of carbonyl (C=O) groups is 1. The summed E-state index contributed by atoms with van der Waals surface area (Å²) in [6, 6.07) is 1.18. The molecule has 0 unspecified atom stereocenters. The van der Waals surface area contributed by atoms with Gasteiger partial charge < -0.3 is 9.30 Å². The van der Waals surface area contributed by atoms with Crippen molar-refractivity contribution in [3.63, 3.8) is 0 Å². The minimum atomic E-state index is -3.86. The summed E-state index contributed by atoms with van der Waals surface area (Å²) in [6.07, 6.45) is 2.11. The van der Waals surface area contributed by atoms with E-state index in [1.54, 1.807) is 4.57 Å². The van der Waals surface area contributed by atoms with Crippen LogP contribution in [0.1, 0.15) is 50.6 Å². The van der Waals surface area contributed by atoms with Gasteiger partial charge in [-0.15, -0.1) is 0 Å². The van der Waals surface area contributed by atoms with Crippen molar-refractivity contribution >= 4 is 25.7 Å². The Hall–Kier alpha value is -1.01. The van der Waals surface area contributed by atoms with Crippen molar-refractivity contribution in [3.8, 4) is 0 Å². The molecule has 7 heteroatoms. The third-order valence-electron chi connectivity index (χ3n) is 2.80. The molecule has 0 bridgehead atoms. The van der Waals surface area contributed by atoms with Gasteiger partial charge in [-0.25, -0.2) is 13.2 Å². The Morgan fingerprint density at radius 1 is 1.35 bits per heavy atom. The van der Waals surface area contributed by atoms with Gasteiger partial charge in [-0.1, -0.05) is 13.8 Å². The Bertz CT molecular complexity index is 575. The Morgan fingerprint density at radius 3 is 2.40 bits per heavy atom. The van der Waals surface area contributed by atoms with Crippen molar-refractivity contribution < 1.29 is 17.9 Å². The van der Waals surface area contributed by atoms with Crippen LogP contribution in [-0.4, -0.2) is 25.6 Å². The van der Waals surface area contributed by atoms with E-state index >= 15 is 0 Å². The summed E-state index contributed by atoms with van der Waals surface area (Å²) < 4.78 is 29.4. The van der Waals surface area contributed by atoms with Gasteiger partial charge in [-0.05, 0) is 32.3 Å². The number of hydrogen-bond acceptors (Lipinski definition) is 4. The van der Waals surface area contributed by atoms with Crippen molar-refractivity contribution in [2.24, 2.45) is 5.92 Å². The minimum Gasteiger partial charge on any atom is -0.461 e. The molecule has 0 radical (unpaired) electrons. The van der Waals surface area contributed by atoms with Crippen molar-refractivity contribution in [2.45, 2.75) is 45.1 Å². The van der Waals surface area contributed by atoms with Crippen molar-refractivity contribution in [1.82, 2.24) is 4.57 Å². The van der Waals surface area contributed by atoms with Crippen LogP contribution in [0.15, 0.2) is 17.2 Å². The predicted molar refractivity (Wildman–Crippen MR) is 77.6 cm³/mol. The molecule has 0 aromatic carbocycles. The van der Waals surface area contributed by atoms with Crippen LogP contribution >= 0.6 is 10.7 Å². The lowest BCUT2D eigenvalue weighted by molar-refractivity contribution is 0.0474. The zero-order chi connectivity index (χ0) is 15.5. The lowest BCUT2D eigenvalue weighted by atomic mass is 10.1. The average Bonchev–Trinajstić information content (AvgIpc) is 2.72. The summed E-state index contributed by atoms with van der Waals surface area (Å²) in [5, 5.41) is 0. The number of halogens is 1. The summed E-state index contributed by atoms with van der Waals surface area (Å²) in [5.41, 5.74) is 0.197. The molecule has 1 heterocycles. The Balaban J connectivity index is 2.98. The first-order chi connectivity index (χ1) is 9.12. The second-order valence-electron chi connectivity index (χ2n) is 5.32. The first-order valence-corrected chi connectivity index (χ1v) is 8.77. The molecular weight excluding hydrogens is 302 g/mol. The second-order valence-corrected chi connectivity index (χ2v) is 7.88. The molecule has 0 atom stereocenters. The van der Waals surface area contributed by atoms with Crippen LogP contribution in [0.5, 0.6) is 0 Å². The van der Waals surface area contributed by atoms with Gasteiger partial charge >= 0.3 is 5.97 Å². The molecule has 5 nitrogen and oxygen atoms in total. The monoisotopic (exact) mass is 321 g/mol. The van der Waals surface area contributed by atoms with Crippen molar-refractivity contribution in [1.29, 1.82) is 0 Å². The molecule has 0 aliphatic rings. The number of nitrogens with zero attached hydrogens (tertiary/aromatic N) is 1. The molecule has 114 valence electrons. The SMILES string of the molecule is CC(C)CCOC(=O)c1cc(S(=O)(=O)Cl)cn1C(C)C. The molecule has 0 saturated heterocycles. The van der Waals surface area contributed by atoms with Crippen LogP contribution in [0, 0.1) is 5.92 Å². The second kappa shape index (κ2) is 6.63. The molecule has 0 fully saturated rings. The fourth-order valence-corrected chi connectivity index (χ4v) is 2.38. The predicted octanol–water partition coefficient (Wildman–Crippen LogP) is 3.20. The first kappa shape index (κ1) is 17.0. The molecule has 20 heavy (non-hydrogen) atoms. The standard InChI is InChI=1S/C13H20ClNO4S/c1-9(2)5-6-19-13(16)12-7-11(20(14,17)18)8-15(12)10(3)4/h7-10H,5-6H2,1-4H3. The highest BCUT2D eigenvalue weighted by atomic mass is 35.7. The fourth-order valence-electron chi connectivity index (χ4n) is 1.64. The van der Waals surface area contributed by atoms with Crippen molar-refractivity contribution in [3.05, 3.63) is 18.0 Å². The smallest absolute Gasteiger partial charge is 0.354 e. The summed E-state index contributed by atoms with van der Waals surface area (Å²) in [7, 11) is 1.44. The highest BCUT2D eigenvalue weighted by Crippen LogP contribution is 2.22. The molecule has 0 N–H and O–H groups in total. The third-order valence-corrected chi connectivity index (χ3v) is 4.12. The summed E-state index contributed by atoms with van der Waals surface area (Å²) in [6.45, 7) is 8.05. The van der Waals surface area contributed by atoms with Crippen LogP contribution in [0.3, 0.4) is 0 Å². The van der Waals surface area contributed by atoms with Crippen LogP contribution < -0.4 is 0 Å². The number of esters is 1. The van der Waals surface area contributed by atoms with Crippen LogP contribution in [0.25, 0.3) is 0 Å². The van der Waals surface area contributed by atoms with E-state index < -0.39 is 15.0 Å². The maximum absolute atomic E-state index is 12.0. The van der Waals surface area contributed by atoms with Gasteiger partial charge in [-0.2, -0.15) is 0 Å². The van der Waals surface area contributed by atoms with E-state index in [9.17, 15) is 13.2 Å². The molecular formula is C13H20ClNO4S. The molecule has 0 saturated carbocycles. The summed E-state index contributed by atoms with van der Waals surface area (Å²) in [5.74, 6) is -0.107. The minimum absolute atomic E-state index is 0.0742. The van der Waals surface area contributed by atoms with E-state index in [2.05, 4.69) is 0 Å². The zero-order valence-electron chi connectivity index (χ0n) is 12.1. The largest absolute Gasteiger partial charge is 0.461 e. The zero-order valence-corrected chi connectivity index (χ0v) is 13.7. The molecule has 1 rings (SSSR count). The molecule has 1 aromatic heterocycles. The van der Waals surface area contributed by atoms with Crippen LogP contribution in [0.2, 0.25) is 0 Å². The third kappa shape index (κ3) is 4.52. The van der Waals surface area contributed by atoms with Crippen LogP contribution in [0.4, 0.5) is 0 Å². The van der Waals surface area contributed by atoms with Gasteiger partial charge in [0.15, 0.2) is 0 Å². The lowest BCUT2D eigenvalue weighted by Gasteiger charge is -2.12. The quantitative estimate of drug-likeness (QED) is 0.596. The summed E-state index contributed by atoms with van der Waals surface area (Å²) in [4.78, 5) is 11.9. The van der Waals surface area contributed by atoms with E-state index in [1.165, 1.54) is 12.3 Å². The number of aromatic nitrogens is 1. The number of ether oxygens (including phenoxy) is 1. The molecule has 0 spiro atoms. The highest BCUT2D eigenvalue weighted by molar-refractivity contribution is 8.13. The topological polar surface area (TPSA) is 65.4 Å². The first-order valence-electron chi connectivity index (χ1n) is 6.46. The van der Waals surface area contributed by atoms with Gasteiger partial charge in [-0.3, -0.25) is 0 Å². The Kier molecular flexibility index (Phi) is 5.65. The van der Waals surface area contributed by atoms with Gasteiger partial charge in [0.2, 0.25) is 0 Å². The Morgan fingerprint density at radius 2 is 1.95 bits per heavy atom. The number of rotatable bonds is 6. The van der Waals surface area contributed by atoms with E-state index in [0.717, 1.165) is 6.42 Å². The van der Waals surface area contributed by atoms with Gasteiger partial charge in [0.05, 0.1) is 6.61 Å². The van der Waals surface area contributed by atoms with Gasteiger partial charge in [0.25, 0.3) is 9.05 Å². The van der Waals surface area contributed by atoms with Crippen molar-refractivity contribution in [2.75, 3.05) is 6.61 Å². The normalized spacial score (nSPS) is 12.2.